The number of rotatable bonds is 5. The lowest BCUT2D eigenvalue weighted by Gasteiger charge is -2.21. The number of nitrogens with zero attached hydrogens (tertiary/aromatic N) is 4. The highest BCUT2D eigenvalue weighted by Crippen LogP contribution is 2.27. The Balaban J connectivity index is 0.00000256. The number of pyridine rings is 1. The van der Waals surface area contributed by atoms with Gasteiger partial charge >= 0.3 is 0 Å². The van der Waals surface area contributed by atoms with Gasteiger partial charge in [0.25, 0.3) is 0 Å². The van der Waals surface area contributed by atoms with E-state index in [2.05, 4.69) is 37.6 Å². The van der Waals surface area contributed by atoms with Gasteiger partial charge < -0.3 is 20.4 Å². The molecule has 0 aromatic carbocycles. The number of halogens is 1. The molecule has 1 aromatic heterocycles. The number of hydrogen-bond donors (Lipinski definition) is 2. The average molecular weight is 526 g/mol. The Hall–Kier alpha value is -1.58. The van der Waals surface area contributed by atoms with Crippen LogP contribution in [0.3, 0.4) is 0 Å². The number of guanidine groups is 1. The third-order valence-electron chi connectivity index (χ3n) is 6.47. The fourth-order valence-electron chi connectivity index (χ4n) is 4.77. The van der Waals surface area contributed by atoms with E-state index >= 15 is 0 Å². The van der Waals surface area contributed by atoms with Crippen LogP contribution in [-0.2, 0) is 11.3 Å². The van der Waals surface area contributed by atoms with E-state index in [9.17, 15) is 4.79 Å². The lowest BCUT2D eigenvalue weighted by Crippen LogP contribution is -2.45. The molecule has 3 heterocycles. The first-order chi connectivity index (χ1) is 14.2. The summed E-state index contributed by atoms with van der Waals surface area (Å²) in [6.07, 6.45) is 9.93. The Labute approximate surface area is 197 Å². The van der Waals surface area contributed by atoms with Crippen LogP contribution in [0.1, 0.15) is 50.5 Å². The first-order valence-electron chi connectivity index (χ1n) is 11.2. The summed E-state index contributed by atoms with van der Waals surface area (Å²) in [5.74, 6) is 2.50. The molecule has 0 spiro atoms. The van der Waals surface area contributed by atoms with Gasteiger partial charge in [0.05, 0.1) is 0 Å². The number of carbonyl (C=O) groups is 1. The summed E-state index contributed by atoms with van der Waals surface area (Å²) >= 11 is 0. The number of likely N-dealkylation sites (tertiary alicyclic amines) is 1. The van der Waals surface area contributed by atoms with Crippen molar-refractivity contribution in [2.75, 3.05) is 38.1 Å². The zero-order valence-corrected chi connectivity index (χ0v) is 20.3. The molecule has 4 rings (SSSR count). The van der Waals surface area contributed by atoms with Crippen molar-refractivity contribution in [3.8, 4) is 0 Å². The number of aliphatic imine (C=N–C) groups is 1. The van der Waals surface area contributed by atoms with Gasteiger partial charge in [-0.15, -0.1) is 24.0 Å². The molecular weight excluding hydrogens is 491 g/mol. The topological polar surface area (TPSA) is 72.9 Å². The molecule has 7 nitrogen and oxygen atoms in total. The molecule has 1 unspecified atom stereocenters. The highest BCUT2D eigenvalue weighted by atomic mass is 127. The van der Waals surface area contributed by atoms with Crippen LogP contribution in [0.2, 0.25) is 0 Å². The molecule has 3 fully saturated rings. The standard InChI is InChI=1S/C22H34N6O.HI/c1-23-22(25-15-17-8-10-24-20(14-17)27-11-4-5-12-27)26-19-9-13-28(16-19)21(29)18-6-2-3-7-18;/h8,10,14,18-19H,2-7,9,11-13,15-16H2,1H3,(H2,23,25,26);1H. The van der Waals surface area contributed by atoms with Gasteiger partial charge in [-0.1, -0.05) is 12.8 Å². The number of nitrogens with one attached hydrogen (secondary N) is 2. The fourth-order valence-corrected chi connectivity index (χ4v) is 4.77. The fraction of sp³-hybridized carbons (Fsp3) is 0.682. The van der Waals surface area contributed by atoms with Gasteiger partial charge in [-0.2, -0.15) is 0 Å². The smallest absolute Gasteiger partial charge is 0.225 e. The molecule has 30 heavy (non-hydrogen) atoms. The van der Waals surface area contributed by atoms with Crippen molar-refractivity contribution in [1.82, 2.24) is 20.5 Å². The van der Waals surface area contributed by atoms with E-state index in [1.54, 1.807) is 7.05 Å². The predicted molar refractivity (Wildman–Crippen MR) is 131 cm³/mol. The SMILES string of the molecule is CN=C(NCc1ccnc(N2CCCC2)c1)NC1CCN(C(=O)C2CCCC2)C1.I. The Kier molecular flexibility index (Phi) is 8.59. The van der Waals surface area contributed by atoms with Crippen LogP contribution in [0.5, 0.6) is 0 Å². The van der Waals surface area contributed by atoms with E-state index in [1.807, 2.05) is 11.1 Å². The minimum atomic E-state index is 0. The molecular formula is C22H35IN6O. The van der Waals surface area contributed by atoms with Gasteiger partial charge in [-0.05, 0) is 49.8 Å². The second-order valence-electron chi connectivity index (χ2n) is 8.54. The van der Waals surface area contributed by atoms with Gasteiger partial charge in [0, 0.05) is 57.9 Å². The summed E-state index contributed by atoms with van der Waals surface area (Å²) in [6, 6.07) is 4.49. The van der Waals surface area contributed by atoms with Crippen LogP contribution in [0.4, 0.5) is 5.82 Å². The van der Waals surface area contributed by atoms with Crippen LogP contribution >= 0.6 is 24.0 Å². The van der Waals surface area contributed by atoms with Crippen LogP contribution < -0.4 is 15.5 Å². The molecule has 2 saturated heterocycles. The van der Waals surface area contributed by atoms with Gasteiger partial charge in [0.15, 0.2) is 5.96 Å². The number of amides is 1. The minimum absolute atomic E-state index is 0. The third kappa shape index (κ3) is 5.76. The highest BCUT2D eigenvalue weighted by molar-refractivity contribution is 14.0. The van der Waals surface area contributed by atoms with E-state index in [-0.39, 0.29) is 35.9 Å². The minimum Gasteiger partial charge on any atom is -0.357 e. The van der Waals surface area contributed by atoms with Crippen molar-refractivity contribution in [1.29, 1.82) is 0 Å². The van der Waals surface area contributed by atoms with Crippen LogP contribution in [0.25, 0.3) is 0 Å². The highest BCUT2D eigenvalue weighted by Gasteiger charge is 2.32. The van der Waals surface area contributed by atoms with Crippen LogP contribution in [0.15, 0.2) is 23.3 Å². The first kappa shape index (κ1) is 23.1. The van der Waals surface area contributed by atoms with E-state index in [1.165, 1.54) is 31.2 Å². The van der Waals surface area contributed by atoms with Crippen molar-refractivity contribution in [3.63, 3.8) is 0 Å². The maximum atomic E-state index is 12.6. The zero-order chi connectivity index (χ0) is 20.1. The largest absolute Gasteiger partial charge is 0.357 e. The number of carbonyl (C=O) groups excluding carboxylic acids is 1. The summed E-state index contributed by atoms with van der Waals surface area (Å²) in [7, 11) is 1.80. The molecule has 0 radical (unpaired) electrons. The summed E-state index contributed by atoms with van der Waals surface area (Å²) in [5.41, 5.74) is 1.20. The Morgan fingerprint density at radius 3 is 2.67 bits per heavy atom. The maximum Gasteiger partial charge on any atom is 0.225 e. The summed E-state index contributed by atoms with van der Waals surface area (Å²) in [6.45, 7) is 4.55. The quantitative estimate of drug-likeness (QED) is 0.351. The summed E-state index contributed by atoms with van der Waals surface area (Å²) < 4.78 is 0. The normalized spacial score (nSPS) is 22.3. The Morgan fingerprint density at radius 2 is 1.93 bits per heavy atom. The third-order valence-corrected chi connectivity index (χ3v) is 6.47. The van der Waals surface area contributed by atoms with Crippen molar-refractivity contribution in [2.24, 2.45) is 10.9 Å². The Morgan fingerprint density at radius 1 is 1.17 bits per heavy atom. The molecule has 1 atom stereocenters. The second kappa shape index (κ2) is 11.2. The predicted octanol–water partition coefficient (Wildman–Crippen LogP) is 2.76. The van der Waals surface area contributed by atoms with E-state index in [0.717, 1.165) is 57.2 Å². The summed E-state index contributed by atoms with van der Waals surface area (Å²) in [5, 5.41) is 6.92. The van der Waals surface area contributed by atoms with Crippen molar-refractivity contribution >= 4 is 41.7 Å². The monoisotopic (exact) mass is 526 g/mol. The van der Waals surface area contributed by atoms with Crippen LogP contribution in [0, 0.1) is 5.92 Å². The van der Waals surface area contributed by atoms with Crippen LogP contribution in [-0.4, -0.2) is 61.0 Å². The lowest BCUT2D eigenvalue weighted by atomic mass is 10.1. The zero-order valence-electron chi connectivity index (χ0n) is 18.0. The first-order valence-corrected chi connectivity index (χ1v) is 11.2. The van der Waals surface area contributed by atoms with Crippen molar-refractivity contribution in [3.05, 3.63) is 23.9 Å². The molecule has 1 saturated carbocycles. The van der Waals surface area contributed by atoms with Gasteiger partial charge in [-0.25, -0.2) is 4.98 Å². The van der Waals surface area contributed by atoms with Crippen molar-refractivity contribution < 1.29 is 4.79 Å². The molecule has 2 aliphatic heterocycles. The number of aromatic nitrogens is 1. The maximum absolute atomic E-state index is 12.6. The summed E-state index contributed by atoms with van der Waals surface area (Å²) in [4.78, 5) is 25.9. The second-order valence-corrected chi connectivity index (χ2v) is 8.54. The van der Waals surface area contributed by atoms with Crippen molar-refractivity contribution in [2.45, 2.75) is 57.5 Å². The molecule has 1 aliphatic carbocycles. The lowest BCUT2D eigenvalue weighted by molar-refractivity contribution is -0.134. The number of anilines is 1. The average Bonchev–Trinajstić information content (AvgIpc) is 3.53. The Bertz CT molecular complexity index is 730. The van der Waals surface area contributed by atoms with Gasteiger partial charge in [0.2, 0.25) is 5.91 Å². The molecule has 8 heteroatoms. The van der Waals surface area contributed by atoms with E-state index in [0.29, 0.717) is 12.5 Å². The molecule has 1 amide bonds. The van der Waals surface area contributed by atoms with E-state index < -0.39 is 0 Å². The molecule has 0 bridgehead atoms. The molecule has 1 aromatic rings. The number of hydrogen-bond acceptors (Lipinski definition) is 4. The molecule has 166 valence electrons. The molecule has 2 N–H and O–H groups in total. The van der Waals surface area contributed by atoms with Gasteiger partial charge in [-0.3, -0.25) is 9.79 Å². The van der Waals surface area contributed by atoms with E-state index in [4.69, 9.17) is 0 Å². The molecule has 3 aliphatic rings. The van der Waals surface area contributed by atoms with Gasteiger partial charge in [0.1, 0.15) is 5.82 Å².